The molecule has 7 nitrogen and oxygen atoms in total. The van der Waals surface area contributed by atoms with Crippen LogP contribution in [0.3, 0.4) is 0 Å². The van der Waals surface area contributed by atoms with Crippen molar-refractivity contribution in [2.75, 3.05) is 16.8 Å². The molecule has 1 aromatic rings. The Morgan fingerprint density at radius 2 is 2.00 bits per heavy atom. The number of hydrazone groups is 1. The van der Waals surface area contributed by atoms with Crippen LogP contribution in [0.5, 0.6) is 0 Å². The topological polar surface area (TPSA) is 95.9 Å². The minimum Gasteiger partial charge on any atom is -0.321 e. The molecule has 12 heteroatoms. The largest absolute Gasteiger partial charge is 0.417 e. The van der Waals surface area contributed by atoms with Gasteiger partial charge in [-0.1, -0.05) is 15.9 Å². The molecular formula is C16H15BrF3N3O4S. The van der Waals surface area contributed by atoms with Gasteiger partial charge in [0.15, 0.2) is 9.84 Å². The summed E-state index contributed by atoms with van der Waals surface area (Å²) in [4.78, 5) is 24.5. The average Bonchev–Trinajstić information content (AvgIpc) is 2.95. The fourth-order valence-corrected chi connectivity index (χ4v) is 5.18. The predicted octanol–water partition coefficient (Wildman–Crippen LogP) is 2.57. The zero-order valence-electron chi connectivity index (χ0n) is 14.3. The summed E-state index contributed by atoms with van der Waals surface area (Å²) < 4.78 is 62.1. The number of nitrogens with zero attached hydrogens (tertiary/aromatic N) is 2. The fourth-order valence-electron chi connectivity index (χ4n) is 3.01. The van der Waals surface area contributed by atoms with Gasteiger partial charge >= 0.3 is 6.18 Å². The highest BCUT2D eigenvalue weighted by molar-refractivity contribution is 9.10. The first kappa shape index (κ1) is 20.8. The Balaban J connectivity index is 1.79. The van der Waals surface area contributed by atoms with E-state index >= 15 is 0 Å². The maximum absolute atomic E-state index is 13.0. The minimum absolute atomic E-state index is 0.0172. The Labute approximate surface area is 167 Å². The molecule has 0 radical (unpaired) electrons. The Hall–Kier alpha value is -1.95. The van der Waals surface area contributed by atoms with Gasteiger partial charge in [0.05, 0.1) is 23.1 Å². The smallest absolute Gasteiger partial charge is 0.321 e. The summed E-state index contributed by atoms with van der Waals surface area (Å²) in [5.41, 5.74) is -1.06. The molecule has 1 fully saturated rings. The zero-order chi connectivity index (χ0) is 20.7. The molecule has 2 heterocycles. The van der Waals surface area contributed by atoms with Gasteiger partial charge in [-0.2, -0.15) is 18.3 Å². The molecule has 1 aromatic carbocycles. The van der Waals surface area contributed by atoms with Crippen molar-refractivity contribution in [2.45, 2.75) is 31.5 Å². The quantitative estimate of drug-likeness (QED) is 0.717. The van der Waals surface area contributed by atoms with Gasteiger partial charge in [0.1, 0.15) is 5.71 Å². The van der Waals surface area contributed by atoms with Crippen molar-refractivity contribution >= 4 is 49.0 Å². The third-order valence-corrected chi connectivity index (χ3v) is 6.85. The number of hydrogen-bond donors (Lipinski definition) is 1. The van der Waals surface area contributed by atoms with Crippen molar-refractivity contribution in [1.82, 2.24) is 5.01 Å². The predicted molar refractivity (Wildman–Crippen MR) is 98.3 cm³/mol. The van der Waals surface area contributed by atoms with Crippen LogP contribution in [0, 0.1) is 0 Å². The number of benzene rings is 1. The van der Waals surface area contributed by atoms with Crippen molar-refractivity contribution < 1.29 is 31.2 Å². The van der Waals surface area contributed by atoms with Gasteiger partial charge in [-0.3, -0.25) is 9.59 Å². The third-order valence-electron chi connectivity index (χ3n) is 4.41. The highest BCUT2D eigenvalue weighted by Crippen LogP contribution is 2.36. The molecule has 2 aliphatic rings. The molecule has 1 atom stereocenters. The Kier molecular flexibility index (Phi) is 5.54. The normalized spacial score (nSPS) is 22.1. The fraction of sp³-hybridized carbons (Fsp3) is 0.438. The van der Waals surface area contributed by atoms with Crippen LogP contribution in [0.2, 0.25) is 0 Å². The molecule has 0 unspecified atom stereocenters. The van der Waals surface area contributed by atoms with Gasteiger partial charge in [-0.25, -0.2) is 13.4 Å². The molecule has 0 aromatic heterocycles. The second-order valence-corrected chi connectivity index (χ2v) is 9.57. The van der Waals surface area contributed by atoms with Crippen molar-refractivity contribution in [3.8, 4) is 0 Å². The third kappa shape index (κ3) is 4.54. The van der Waals surface area contributed by atoms with Gasteiger partial charge in [0.2, 0.25) is 5.91 Å². The van der Waals surface area contributed by atoms with Crippen LogP contribution in [0.1, 0.15) is 24.8 Å². The van der Waals surface area contributed by atoms with Crippen LogP contribution in [0.25, 0.3) is 0 Å². The van der Waals surface area contributed by atoms with Crippen molar-refractivity contribution in [3.63, 3.8) is 0 Å². The van der Waals surface area contributed by atoms with E-state index < -0.39 is 33.5 Å². The number of sulfone groups is 1. The summed E-state index contributed by atoms with van der Waals surface area (Å²) in [6.45, 7) is 0. The summed E-state index contributed by atoms with van der Waals surface area (Å²) in [5, 5.41) is 7.35. The summed E-state index contributed by atoms with van der Waals surface area (Å²) in [7, 11) is -3.25. The van der Waals surface area contributed by atoms with Crippen LogP contribution in [0.15, 0.2) is 27.8 Å². The van der Waals surface area contributed by atoms with E-state index in [0.717, 1.165) is 11.1 Å². The monoisotopic (exact) mass is 481 g/mol. The van der Waals surface area contributed by atoms with E-state index in [2.05, 4.69) is 26.3 Å². The molecule has 0 bridgehead atoms. The SMILES string of the molecule is O=C(Nc1ccc(Br)c(C(F)(F)F)c1)C1=NN([C@H]2CCS(=O)(=O)C2)C(=O)CC1. The van der Waals surface area contributed by atoms with Gasteiger partial charge in [0.25, 0.3) is 5.91 Å². The van der Waals surface area contributed by atoms with Crippen molar-refractivity contribution in [2.24, 2.45) is 5.10 Å². The Bertz CT molecular complexity index is 962. The molecule has 2 aliphatic heterocycles. The standard InChI is InChI=1S/C16H15BrF3N3O4S/c17-12-2-1-9(7-11(12)16(18,19)20)21-15(25)13-3-4-14(24)23(22-13)10-5-6-28(26,27)8-10/h1-2,7,10H,3-6,8H2,(H,21,25)/t10-/m0/s1. The van der Waals surface area contributed by atoms with E-state index in [0.29, 0.717) is 0 Å². The lowest BCUT2D eigenvalue weighted by atomic mass is 10.1. The molecule has 0 spiro atoms. The van der Waals surface area contributed by atoms with Gasteiger partial charge < -0.3 is 5.32 Å². The second-order valence-electron chi connectivity index (χ2n) is 6.49. The van der Waals surface area contributed by atoms with E-state index in [1.54, 1.807) is 0 Å². The Morgan fingerprint density at radius 1 is 1.29 bits per heavy atom. The number of hydrogen-bond acceptors (Lipinski definition) is 5. The number of nitrogens with one attached hydrogen (secondary N) is 1. The lowest BCUT2D eigenvalue weighted by Crippen LogP contribution is -2.42. The van der Waals surface area contributed by atoms with E-state index in [-0.39, 0.29) is 52.5 Å². The number of anilines is 1. The van der Waals surface area contributed by atoms with E-state index in [4.69, 9.17) is 0 Å². The first-order chi connectivity index (χ1) is 13.0. The van der Waals surface area contributed by atoms with E-state index in [1.807, 2.05) is 0 Å². The first-order valence-electron chi connectivity index (χ1n) is 8.24. The summed E-state index contributed by atoms with van der Waals surface area (Å²) in [5.74, 6) is -1.41. The zero-order valence-corrected chi connectivity index (χ0v) is 16.7. The molecule has 3 rings (SSSR count). The summed E-state index contributed by atoms with van der Waals surface area (Å²) in [6.07, 6.45) is -4.38. The second kappa shape index (κ2) is 7.47. The van der Waals surface area contributed by atoms with Crippen LogP contribution >= 0.6 is 15.9 Å². The molecule has 152 valence electrons. The minimum atomic E-state index is -4.60. The number of halogens is 4. The summed E-state index contributed by atoms with van der Waals surface area (Å²) in [6, 6.07) is 2.62. The molecule has 0 saturated carbocycles. The van der Waals surface area contributed by atoms with E-state index in [9.17, 15) is 31.2 Å². The van der Waals surface area contributed by atoms with Gasteiger partial charge in [-0.05, 0) is 24.6 Å². The maximum Gasteiger partial charge on any atom is 0.417 e. The molecule has 0 aliphatic carbocycles. The van der Waals surface area contributed by atoms with Crippen molar-refractivity contribution in [3.05, 3.63) is 28.2 Å². The molecule has 2 amide bonds. The van der Waals surface area contributed by atoms with Crippen molar-refractivity contribution in [1.29, 1.82) is 0 Å². The molecule has 1 saturated heterocycles. The number of alkyl halides is 3. The number of rotatable bonds is 3. The number of amides is 2. The number of carbonyl (C=O) groups excluding carboxylic acids is 2. The van der Waals surface area contributed by atoms with E-state index in [1.165, 1.54) is 12.1 Å². The van der Waals surface area contributed by atoms with Gasteiger partial charge in [-0.15, -0.1) is 0 Å². The lowest BCUT2D eigenvalue weighted by Gasteiger charge is -2.27. The lowest BCUT2D eigenvalue weighted by molar-refractivity contribution is -0.138. The maximum atomic E-state index is 13.0. The highest BCUT2D eigenvalue weighted by Gasteiger charge is 2.37. The van der Waals surface area contributed by atoms with Gasteiger partial charge in [0, 0.05) is 23.0 Å². The molecular weight excluding hydrogens is 467 g/mol. The van der Waals surface area contributed by atoms with Crippen LogP contribution in [0.4, 0.5) is 18.9 Å². The first-order valence-corrected chi connectivity index (χ1v) is 10.9. The molecule has 1 N–H and O–H groups in total. The highest BCUT2D eigenvalue weighted by atomic mass is 79.9. The summed E-state index contributed by atoms with van der Waals surface area (Å²) >= 11 is 2.82. The molecule has 28 heavy (non-hydrogen) atoms. The van der Waals surface area contributed by atoms with Crippen LogP contribution < -0.4 is 5.32 Å². The number of carbonyl (C=O) groups is 2. The van der Waals surface area contributed by atoms with Crippen LogP contribution in [-0.4, -0.2) is 48.5 Å². The van der Waals surface area contributed by atoms with Crippen LogP contribution in [-0.2, 0) is 25.6 Å². The average molecular weight is 482 g/mol. The Morgan fingerprint density at radius 3 is 2.61 bits per heavy atom.